The number of ether oxygens (including phenoxy) is 1. The Morgan fingerprint density at radius 3 is 2.61 bits per heavy atom. The van der Waals surface area contributed by atoms with E-state index in [4.69, 9.17) is 0 Å². The van der Waals surface area contributed by atoms with Crippen molar-refractivity contribution in [1.82, 2.24) is 19.6 Å². The summed E-state index contributed by atoms with van der Waals surface area (Å²) in [6, 6.07) is 5.72. The molecule has 0 spiro atoms. The van der Waals surface area contributed by atoms with Crippen LogP contribution < -0.4 is 10.1 Å². The maximum Gasteiger partial charge on any atom is 0.422 e. The molecule has 3 rings (SSSR count). The standard InChI is InChI=1S/C18H18F3N5O2/c1-11-15(12(2)26-17(24-11)22-10-23-26)7-8-16(27)25-13-3-5-14(6-4-13)28-9-18(19,20)21/h3-6,10H,7-9H2,1-2H3,(H,25,27). The summed E-state index contributed by atoms with van der Waals surface area (Å²) in [4.78, 5) is 20.6. The molecule has 0 radical (unpaired) electrons. The summed E-state index contributed by atoms with van der Waals surface area (Å²) >= 11 is 0. The number of aromatic nitrogens is 4. The van der Waals surface area contributed by atoms with E-state index in [0.29, 0.717) is 17.9 Å². The minimum absolute atomic E-state index is 0.0776. The molecule has 0 saturated heterocycles. The highest BCUT2D eigenvalue weighted by atomic mass is 19.4. The van der Waals surface area contributed by atoms with Crippen molar-refractivity contribution in [1.29, 1.82) is 0 Å². The van der Waals surface area contributed by atoms with E-state index < -0.39 is 12.8 Å². The number of carbonyl (C=O) groups excluding carboxylic acids is 1. The van der Waals surface area contributed by atoms with Crippen molar-refractivity contribution >= 4 is 17.4 Å². The zero-order valence-electron chi connectivity index (χ0n) is 15.2. The highest BCUT2D eigenvalue weighted by Gasteiger charge is 2.28. The summed E-state index contributed by atoms with van der Waals surface area (Å²) < 4.78 is 42.7. The minimum Gasteiger partial charge on any atom is -0.484 e. The van der Waals surface area contributed by atoms with Crippen LogP contribution in [0.2, 0.25) is 0 Å². The van der Waals surface area contributed by atoms with Crippen LogP contribution in [0.25, 0.3) is 5.78 Å². The lowest BCUT2D eigenvalue weighted by molar-refractivity contribution is -0.153. The van der Waals surface area contributed by atoms with Gasteiger partial charge in [-0.2, -0.15) is 23.3 Å². The number of halogens is 3. The highest BCUT2D eigenvalue weighted by Crippen LogP contribution is 2.21. The van der Waals surface area contributed by atoms with Crippen molar-refractivity contribution in [3.05, 3.63) is 47.5 Å². The number of nitrogens with zero attached hydrogens (tertiary/aromatic N) is 4. The molecule has 148 valence electrons. The number of hydrogen-bond acceptors (Lipinski definition) is 5. The molecule has 1 aromatic carbocycles. The number of amides is 1. The van der Waals surface area contributed by atoms with Crippen LogP contribution in [0.3, 0.4) is 0 Å². The lowest BCUT2D eigenvalue weighted by Gasteiger charge is -2.11. The zero-order chi connectivity index (χ0) is 20.3. The topological polar surface area (TPSA) is 81.4 Å². The molecule has 10 heteroatoms. The average Bonchev–Trinajstić information content (AvgIpc) is 3.09. The molecule has 7 nitrogen and oxygen atoms in total. The van der Waals surface area contributed by atoms with Gasteiger partial charge in [0.25, 0.3) is 5.78 Å². The first-order valence-corrected chi connectivity index (χ1v) is 8.48. The number of fused-ring (bicyclic) bond motifs is 1. The van der Waals surface area contributed by atoms with E-state index in [0.717, 1.165) is 17.0 Å². The van der Waals surface area contributed by atoms with Gasteiger partial charge in [0, 0.05) is 23.5 Å². The Bertz CT molecular complexity index is 983. The van der Waals surface area contributed by atoms with E-state index in [1.54, 1.807) is 4.52 Å². The van der Waals surface area contributed by atoms with E-state index in [9.17, 15) is 18.0 Å². The van der Waals surface area contributed by atoms with E-state index in [1.165, 1.54) is 30.6 Å². The van der Waals surface area contributed by atoms with Crippen molar-refractivity contribution in [2.24, 2.45) is 0 Å². The number of alkyl halides is 3. The second-order valence-electron chi connectivity index (χ2n) is 6.21. The Balaban J connectivity index is 1.57. The lowest BCUT2D eigenvalue weighted by atomic mass is 10.1. The van der Waals surface area contributed by atoms with Crippen LogP contribution >= 0.6 is 0 Å². The van der Waals surface area contributed by atoms with Crippen LogP contribution in [0.1, 0.15) is 23.4 Å². The van der Waals surface area contributed by atoms with Gasteiger partial charge in [0.1, 0.15) is 12.1 Å². The molecule has 2 aromatic heterocycles. The summed E-state index contributed by atoms with van der Waals surface area (Å²) in [6.45, 7) is 2.39. The second kappa shape index (κ2) is 7.83. The van der Waals surface area contributed by atoms with Gasteiger partial charge in [0.2, 0.25) is 5.91 Å². The third-order valence-corrected chi connectivity index (χ3v) is 4.13. The summed E-state index contributed by atoms with van der Waals surface area (Å²) in [7, 11) is 0. The van der Waals surface area contributed by atoms with Crippen molar-refractivity contribution in [3.63, 3.8) is 0 Å². The van der Waals surface area contributed by atoms with Gasteiger partial charge in [-0.15, -0.1) is 0 Å². The fraction of sp³-hybridized carbons (Fsp3) is 0.333. The van der Waals surface area contributed by atoms with Gasteiger partial charge in [-0.05, 0) is 50.1 Å². The highest BCUT2D eigenvalue weighted by molar-refractivity contribution is 5.90. The van der Waals surface area contributed by atoms with Crippen molar-refractivity contribution in [2.75, 3.05) is 11.9 Å². The molecule has 0 aliphatic carbocycles. The number of rotatable bonds is 6. The monoisotopic (exact) mass is 393 g/mol. The molecule has 28 heavy (non-hydrogen) atoms. The third kappa shape index (κ3) is 4.76. The third-order valence-electron chi connectivity index (χ3n) is 4.13. The molecule has 0 aliphatic heterocycles. The van der Waals surface area contributed by atoms with Crippen LogP contribution in [0.15, 0.2) is 30.6 Å². The Morgan fingerprint density at radius 2 is 1.93 bits per heavy atom. The molecule has 1 amide bonds. The molecular weight excluding hydrogens is 375 g/mol. The molecule has 0 aliphatic rings. The van der Waals surface area contributed by atoms with Gasteiger partial charge in [0.05, 0.1) is 0 Å². The van der Waals surface area contributed by atoms with Crippen molar-refractivity contribution in [3.8, 4) is 5.75 Å². The number of aryl methyl sites for hydroxylation is 2. The van der Waals surface area contributed by atoms with Crippen LogP contribution in [-0.2, 0) is 11.2 Å². The quantitative estimate of drug-likeness (QED) is 0.695. The molecular formula is C18H18F3N5O2. The Labute approximate surface area is 158 Å². The Morgan fingerprint density at radius 1 is 1.21 bits per heavy atom. The van der Waals surface area contributed by atoms with Gasteiger partial charge in [0.15, 0.2) is 6.61 Å². The van der Waals surface area contributed by atoms with E-state index in [-0.39, 0.29) is 18.1 Å². The SMILES string of the molecule is Cc1nc2ncnn2c(C)c1CCC(=O)Nc1ccc(OCC(F)(F)F)cc1. The van der Waals surface area contributed by atoms with Crippen LogP contribution in [-0.4, -0.2) is 38.3 Å². The van der Waals surface area contributed by atoms with Crippen LogP contribution in [0, 0.1) is 13.8 Å². The fourth-order valence-electron chi connectivity index (χ4n) is 2.78. The fourth-order valence-corrected chi connectivity index (χ4v) is 2.78. The van der Waals surface area contributed by atoms with Crippen molar-refractivity contribution in [2.45, 2.75) is 32.9 Å². The second-order valence-corrected chi connectivity index (χ2v) is 6.21. The molecule has 3 aromatic rings. The van der Waals surface area contributed by atoms with Gasteiger partial charge in [-0.25, -0.2) is 9.50 Å². The number of anilines is 1. The molecule has 0 unspecified atom stereocenters. The van der Waals surface area contributed by atoms with Crippen LogP contribution in [0.5, 0.6) is 5.75 Å². The van der Waals surface area contributed by atoms with Gasteiger partial charge >= 0.3 is 6.18 Å². The van der Waals surface area contributed by atoms with Crippen LogP contribution in [0.4, 0.5) is 18.9 Å². The maximum atomic E-state index is 12.2. The normalized spacial score (nSPS) is 11.6. The number of benzene rings is 1. The molecule has 2 heterocycles. The van der Waals surface area contributed by atoms with Gasteiger partial charge in [-0.1, -0.05) is 0 Å². The first-order chi connectivity index (χ1) is 13.2. The van der Waals surface area contributed by atoms with Gasteiger partial charge < -0.3 is 10.1 Å². The molecule has 0 fully saturated rings. The molecule has 0 saturated carbocycles. The van der Waals surface area contributed by atoms with E-state index in [2.05, 4.69) is 25.1 Å². The predicted molar refractivity (Wildman–Crippen MR) is 95.2 cm³/mol. The molecule has 0 bridgehead atoms. The minimum atomic E-state index is -4.40. The van der Waals surface area contributed by atoms with E-state index >= 15 is 0 Å². The lowest BCUT2D eigenvalue weighted by Crippen LogP contribution is -2.19. The first-order valence-electron chi connectivity index (χ1n) is 8.48. The maximum absolute atomic E-state index is 12.2. The average molecular weight is 393 g/mol. The summed E-state index contributed by atoms with van der Waals surface area (Å²) in [5.74, 6) is 0.367. The van der Waals surface area contributed by atoms with Crippen molar-refractivity contribution < 1.29 is 22.7 Å². The summed E-state index contributed by atoms with van der Waals surface area (Å²) in [5.41, 5.74) is 3.06. The van der Waals surface area contributed by atoms with E-state index in [1.807, 2.05) is 13.8 Å². The summed E-state index contributed by atoms with van der Waals surface area (Å²) in [5, 5.41) is 6.82. The van der Waals surface area contributed by atoms with Gasteiger partial charge in [-0.3, -0.25) is 4.79 Å². The molecule has 0 atom stereocenters. The smallest absolute Gasteiger partial charge is 0.422 e. The Hall–Kier alpha value is -3.17. The number of carbonyl (C=O) groups is 1. The zero-order valence-corrected chi connectivity index (χ0v) is 15.2. The Kier molecular flexibility index (Phi) is 5.48. The summed E-state index contributed by atoms with van der Waals surface area (Å²) in [6.07, 6.45) is -2.28. The number of hydrogen-bond donors (Lipinski definition) is 1. The predicted octanol–water partition coefficient (Wildman–Crippen LogP) is 3.25. The first kappa shape index (κ1) is 19.6. The largest absolute Gasteiger partial charge is 0.484 e. The number of nitrogens with one attached hydrogen (secondary N) is 1. The molecule has 1 N–H and O–H groups in total.